The van der Waals surface area contributed by atoms with Crippen LogP contribution >= 0.6 is 11.8 Å². The summed E-state index contributed by atoms with van der Waals surface area (Å²) in [7, 11) is 0. The first-order valence-corrected chi connectivity index (χ1v) is 6.42. The molecule has 84 valence electrons. The van der Waals surface area contributed by atoms with E-state index in [9.17, 15) is 0 Å². The van der Waals surface area contributed by atoms with E-state index in [0.717, 1.165) is 18.8 Å². The molecule has 1 aromatic carbocycles. The third kappa shape index (κ3) is 3.12. The first-order valence-electron chi connectivity index (χ1n) is 5.19. The molecular weight excluding hydrogens is 218 g/mol. The number of nitrogens with one attached hydrogen (secondary N) is 2. The highest BCUT2D eigenvalue weighted by molar-refractivity contribution is 7.98. The Balaban J connectivity index is 1.81. The lowest BCUT2D eigenvalue weighted by Crippen LogP contribution is -2.12. The van der Waals surface area contributed by atoms with Crippen LogP contribution in [-0.2, 0) is 13.1 Å². The zero-order valence-corrected chi connectivity index (χ0v) is 10.1. The van der Waals surface area contributed by atoms with Gasteiger partial charge in [0.2, 0.25) is 0 Å². The summed E-state index contributed by atoms with van der Waals surface area (Å²) in [5, 5.41) is 3.36. The molecule has 0 saturated carbocycles. The van der Waals surface area contributed by atoms with Crippen LogP contribution in [-0.4, -0.2) is 16.2 Å². The zero-order chi connectivity index (χ0) is 11.2. The Morgan fingerprint density at radius 1 is 1.25 bits per heavy atom. The SMILES string of the molecule is CSc1ccc(CNCc2cnc[nH]2)cc1. The van der Waals surface area contributed by atoms with Crippen LogP contribution in [0.25, 0.3) is 0 Å². The Hall–Kier alpha value is -1.26. The summed E-state index contributed by atoms with van der Waals surface area (Å²) in [5.41, 5.74) is 2.41. The maximum absolute atomic E-state index is 3.97. The minimum atomic E-state index is 0.824. The highest BCUT2D eigenvalue weighted by Gasteiger charge is 1.95. The van der Waals surface area contributed by atoms with E-state index in [1.807, 2.05) is 6.20 Å². The Morgan fingerprint density at radius 2 is 2.06 bits per heavy atom. The van der Waals surface area contributed by atoms with Gasteiger partial charge in [-0.2, -0.15) is 0 Å². The number of thioether (sulfide) groups is 1. The van der Waals surface area contributed by atoms with Crippen molar-refractivity contribution in [3.05, 3.63) is 48.0 Å². The number of hydrogen-bond donors (Lipinski definition) is 2. The van der Waals surface area contributed by atoms with Gasteiger partial charge in [0.25, 0.3) is 0 Å². The van der Waals surface area contributed by atoms with E-state index in [2.05, 4.69) is 45.8 Å². The predicted molar refractivity (Wildman–Crippen MR) is 67.4 cm³/mol. The molecule has 0 radical (unpaired) electrons. The summed E-state index contributed by atoms with van der Waals surface area (Å²) in [4.78, 5) is 8.34. The van der Waals surface area contributed by atoms with Gasteiger partial charge in [0.15, 0.2) is 0 Å². The number of aromatic nitrogens is 2. The number of hydrogen-bond acceptors (Lipinski definition) is 3. The molecule has 0 aliphatic heterocycles. The molecule has 16 heavy (non-hydrogen) atoms. The maximum atomic E-state index is 3.97. The molecular formula is C12H15N3S. The third-order valence-electron chi connectivity index (χ3n) is 2.36. The second-order valence-electron chi connectivity index (χ2n) is 3.53. The standard InChI is InChI=1S/C12H15N3S/c1-16-12-4-2-10(3-5-12)6-13-7-11-8-14-9-15-11/h2-5,8-9,13H,6-7H2,1H3,(H,14,15). The minimum absolute atomic E-state index is 0.824. The average molecular weight is 233 g/mol. The molecule has 1 aromatic heterocycles. The van der Waals surface area contributed by atoms with Gasteiger partial charge in [-0.3, -0.25) is 0 Å². The van der Waals surface area contributed by atoms with Crippen molar-refractivity contribution < 1.29 is 0 Å². The van der Waals surface area contributed by atoms with Gasteiger partial charge in [-0.25, -0.2) is 4.98 Å². The monoisotopic (exact) mass is 233 g/mol. The van der Waals surface area contributed by atoms with Crippen LogP contribution in [0, 0.1) is 0 Å². The van der Waals surface area contributed by atoms with Gasteiger partial charge >= 0.3 is 0 Å². The summed E-state index contributed by atoms with van der Waals surface area (Å²) in [6, 6.07) is 8.62. The van der Waals surface area contributed by atoms with E-state index in [0.29, 0.717) is 0 Å². The predicted octanol–water partition coefficient (Wildman–Crippen LogP) is 2.42. The molecule has 3 nitrogen and oxygen atoms in total. The van der Waals surface area contributed by atoms with Gasteiger partial charge in [-0.15, -0.1) is 11.8 Å². The highest BCUT2D eigenvalue weighted by atomic mass is 32.2. The lowest BCUT2D eigenvalue weighted by Gasteiger charge is -2.04. The number of benzene rings is 1. The molecule has 0 amide bonds. The lowest BCUT2D eigenvalue weighted by molar-refractivity contribution is 0.682. The van der Waals surface area contributed by atoms with Crippen LogP contribution in [0.5, 0.6) is 0 Å². The first-order chi connectivity index (χ1) is 7.88. The van der Waals surface area contributed by atoms with Crippen LogP contribution in [0.1, 0.15) is 11.3 Å². The fourth-order valence-corrected chi connectivity index (χ4v) is 1.87. The molecule has 1 heterocycles. The smallest absolute Gasteiger partial charge is 0.0922 e. The Bertz CT molecular complexity index is 408. The van der Waals surface area contributed by atoms with Gasteiger partial charge in [-0.05, 0) is 24.0 Å². The molecule has 0 unspecified atom stereocenters. The first kappa shape index (κ1) is 11.2. The van der Waals surface area contributed by atoms with Crippen molar-refractivity contribution in [3.8, 4) is 0 Å². The van der Waals surface area contributed by atoms with Crippen molar-refractivity contribution in [2.75, 3.05) is 6.26 Å². The summed E-state index contributed by atoms with van der Waals surface area (Å²) in [5.74, 6) is 0. The van der Waals surface area contributed by atoms with Crippen LogP contribution in [0.4, 0.5) is 0 Å². The van der Waals surface area contributed by atoms with Gasteiger partial charge in [0, 0.05) is 29.9 Å². The largest absolute Gasteiger partial charge is 0.347 e. The Morgan fingerprint density at radius 3 is 2.69 bits per heavy atom. The fraction of sp³-hybridized carbons (Fsp3) is 0.250. The Labute approximate surface area is 99.7 Å². The van der Waals surface area contributed by atoms with E-state index in [1.165, 1.54) is 10.5 Å². The molecule has 0 aliphatic rings. The maximum Gasteiger partial charge on any atom is 0.0922 e. The molecule has 0 aliphatic carbocycles. The number of imidazole rings is 1. The van der Waals surface area contributed by atoms with Gasteiger partial charge < -0.3 is 10.3 Å². The summed E-state index contributed by atoms with van der Waals surface area (Å²) in [6.45, 7) is 1.71. The number of H-pyrrole nitrogens is 1. The van der Waals surface area contributed by atoms with Crippen molar-refractivity contribution >= 4 is 11.8 Å². The fourth-order valence-electron chi connectivity index (χ4n) is 1.47. The van der Waals surface area contributed by atoms with Crippen LogP contribution < -0.4 is 5.32 Å². The van der Waals surface area contributed by atoms with Gasteiger partial charge in [-0.1, -0.05) is 12.1 Å². The van der Waals surface area contributed by atoms with Crippen LogP contribution in [0.15, 0.2) is 41.7 Å². The molecule has 4 heteroatoms. The van der Waals surface area contributed by atoms with Crippen LogP contribution in [0.2, 0.25) is 0 Å². The average Bonchev–Trinajstić information content (AvgIpc) is 2.83. The molecule has 0 saturated heterocycles. The Kier molecular flexibility index (Phi) is 4.02. The van der Waals surface area contributed by atoms with E-state index in [-0.39, 0.29) is 0 Å². The number of rotatable bonds is 5. The molecule has 2 rings (SSSR count). The molecule has 0 bridgehead atoms. The second kappa shape index (κ2) is 5.72. The topological polar surface area (TPSA) is 40.7 Å². The minimum Gasteiger partial charge on any atom is -0.347 e. The van der Waals surface area contributed by atoms with E-state index >= 15 is 0 Å². The molecule has 2 aromatic rings. The van der Waals surface area contributed by atoms with Crippen molar-refractivity contribution in [1.82, 2.24) is 15.3 Å². The quantitative estimate of drug-likeness (QED) is 0.779. The molecule has 2 N–H and O–H groups in total. The molecule has 0 atom stereocenters. The van der Waals surface area contributed by atoms with Crippen molar-refractivity contribution in [3.63, 3.8) is 0 Å². The van der Waals surface area contributed by atoms with E-state index in [4.69, 9.17) is 0 Å². The summed E-state index contributed by atoms with van der Waals surface area (Å²) >= 11 is 1.77. The zero-order valence-electron chi connectivity index (χ0n) is 9.23. The van der Waals surface area contributed by atoms with E-state index < -0.39 is 0 Å². The van der Waals surface area contributed by atoms with Crippen molar-refractivity contribution in [1.29, 1.82) is 0 Å². The van der Waals surface area contributed by atoms with E-state index in [1.54, 1.807) is 18.1 Å². The molecule has 0 spiro atoms. The van der Waals surface area contributed by atoms with Gasteiger partial charge in [0.1, 0.15) is 0 Å². The summed E-state index contributed by atoms with van der Waals surface area (Å²) in [6.07, 6.45) is 5.62. The number of aromatic amines is 1. The number of nitrogens with zero attached hydrogens (tertiary/aromatic N) is 1. The third-order valence-corrected chi connectivity index (χ3v) is 3.10. The molecule has 0 fully saturated rings. The van der Waals surface area contributed by atoms with Crippen molar-refractivity contribution in [2.45, 2.75) is 18.0 Å². The second-order valence-corrected chi connectivity index (χ2v) is 4.41. The van der Waals surface area contributed by atoms with Crippen molar-refractivity contribution in [2.24, 2.45) is 0 Å². The van der Waals surface area contributed by atoms with Gasteiger partial charge in [0.05, 0.1) is 6.33 Å². The normalized spacial score (nSPS) is 10.6. The lowest BCUT2D eigenvalue weighted by atomic mass is 10.2. The summed E-state index contributed by atoms with van der Waals surface area (Å²) < 4.78 is 0. The van der Waals surface area contributed by atoms with Crippen LogP contribution in [0.3, 0.4) is 0 Å². The highest BCUT2D eigenvalue weighted by Crippen LogP contribution is 2.14.